The van der Waals surface area contributed by atoms with Gasteiger partial charge in [-0.15, -0.1) is 0 Å². The first kappa shape index (κ1) is 13.8. The number of nitrogens with one attached hydrogen (secondary N) is 1. The third kappa shape index (κ3) is 3.24. The lowest BCUT2D eigenvalue weighted by Crippen LogP contribution is -2.47. The Bertz CT molecular complexity index is 430. The third-order valence-corrected chi connectivity index (χ3v) is 3.35. The highest BCUT2D eigenvalue weighted by molar-refractivity contribution is 5.77. The van der Waals surface area contributed by atoms with Crippen molar-refractivity contribution in [2.75, 3.05) is 40.4 Å². The highest BCUT2D eigenvalue weighted by Gasteiger charge is 2.29. The minimum Gasteiger partial charge on any atom is -0.497 e. The van der Waals surface area contributed by atoms with E-state index in [2.05, 4.69) is 10.2 Å². The van der Waals surface area contributed by atoms with Crippen LogP contribution in [-0.2, 0) is 9.53 Å². The van der Waals surface area contributed by atoms with Crippen molar-refractivity contribution < 1.29 is 14.3 Å². The second-order valence-corrected chi connectivity index (χ2v) is 4.49. The molecule has 0 amide bonds. The highest BCUT2D eigenvalue weighted by Crippen LogP contribution is 2.25. The number of esters is 1. The van der Waals surface area contributed by atoms with Crippen molar-refractivity contribution in [2.45, 2.75) is 6.04 Å². The number of nitrogens with zero attached hydrogens (tertiary/aromatic N) is 1. The van der Waals surface area contributed by atoms with Crippen LogP contribution in [0.1, 0.15) is 11.6 Å². The maximum atomic E-state index is 12.1. The number of methoxy groups -OCH3 is 2. The van der Waals surface area contributed by atoms with E-state index in [1.54, 1.807) is 7.11 Å². The van der Waals surface area contributed by atoms with Gasteiger partial charge < -0.3 is 14.8 Å². The van der Waals surface area contributed by atoms with Gasteiger partial charge in [0, 0.05) is 26.2 Å². The van der Waals surface area contributed by atoms with Crippen LogP contribution in [0.15, 0.2) is 24.3 Å². The van der Waals surface area contributed by atoms with E-state index in [1.165, 1.54) is 7.11 Å². The molecule has 1 atom stereocenters. The molecular formula is C14H20N2O3. The molecule has 0 aromatic heterocycles. The third-order valence-electron chi connectivity index (χ3n) is 3.35. The Kier molecular flexibility index (Phi) is 4.76. The normalized spacial score (nSPS) is 17.8. The predicted octanol–water partition coefficient (Wildman–Crippen LogP) is 0.814. The van der Waals surface area contributed by atoms with Crippen LogP contribution < -0.4 is 10.1 Å². The van der Waals surface area contributed by atoms with Crippen LogP contribution in [0.3, 0.4) is 0 Å². The fourth-order valence-corrected chi connectivity index (χ4v) is 2.36. The Morgan fingerprint density at radius 3 is 2.68 bits per heavy atom. The van der Waals surface area contributed by atoms with Crippen LogP contribution in [0.4, 0.5) is 0 Å². The lowest BCUT2D eigenvalue weighted by Gasteiger charge is -2.33. The van der Waals surface area contributed by atoms with Gasteiger partial charge in [-0.25, -0.2) is 4.79 Å². The molecule has 0 radical (unpaired) electrons. The largest absolute Gasteiger partial charge is 0.497 e. The Morgan fingerprint density at radius 1 is 1.32 bits per heavy atom. The highest BCUT2D eigenvalue weighted by atomic mass is 16.5. The summed E-state index contributed by atoms with van der Waals surface area (Å²) in [5, 5.41) is 3.28. The van der Waals surface area contributed by atoms with Gasteiger partial charge in [0.05, 0.1) is 14.2 Å². The molecule has 1 aliphatic rings. The van der Waals surface area contributed by atoms with Crippen LogP contribution in [0.5, 0.6) is 5.75 Å². The van der Waals surface area contributed by atoms with E-state index >= 15 is 0 Å². The Labute approximate surface area is 113 Å². The first-order valence-corrected chi connectivity index (χ1v) is 6.43. The van der Waals surface area contributed by atoms with E-state index in [-0.39, 0.29) is 12.0 Å². The zero-order valence-corrected chi connectivity index (χ0v) is 11.4. The summed E-state index contributed by atoms with van der Waals surface area (Å²) in [6, 6.07) is 7.24. The van der Waals surface area contributed by atoms with Gasteiger partial charge in [0.2, 0.25) is 0 Å². The molecule has 1 unspecified atom stereocenters. The molecule has 1 N–H and O–H groups in total. The molecule has 5 heteroatoms. The summed E-state index contributed by atoms with van der Waals surface area (Å²) in [4.78, 5) is 14.2. The van der Waals surface area contributed by atoms with Crippen molar-refractivity contribution >= 4 is 5.97 Å². The standard InChI is InChI=1S/C14H20N2O3/c1-18-12-5-3-4-11(10-12)13(14(17)19-2)16-8-6-15-7-9-16/h3-5,10,13,15H,6-9H2,1-2H3. The molecule has 1 fully saturated rings. The molecule has 0 aliphatic carbocycles. The summed E-state index contributed by atoms with van der Waals surface area (Å²) in [5.74, 6) is 0.525. The number of carbonyl (C=O) groups excluding carboxylic acids is 1. The average Bonchev–Trinajstić information content (AvgIpc) is 2.48. The molecule has 0 spiro atoms. The molecular weight excluding hydrogens is 244 g/mol. The maximum Gasteiger partial charge on any atom is 0.327 e. The quantitative estimate of drug-likeness (QED) is 0.816. The van der Waals surface area contributed by atoms with Gasteiger partial charge in [-0.3, -0.25) is 4.90 Å². The molecule has 0 bridgehead atoms. The average molecular weight is 264 g/mol. The topological polar surface area (TPSA) is 50.8 Å². The number of ether oxygens (including phenoxy) is 2. The van der Waals surface area contributed by atoms with Crippen molar-refractivity contribution in [1.29, 1.82) is 0 Å². The number of piperazine rings is 1. The molecule has 19 heavy (non-hydrogen) atoms. The van der Waals surface area contributed by atoms with E-state index < -0.39 is 0 Å². The van der Waals surface area contributed by atoms with Crippen molar-refractivity contribution in [3.05, 3.63) is 29.8 Å². The van der Waals surface area contributed by atoms with Crippen LogP contribution in [-0.4, -0.2) is 51.3 Å². The van der Waals surface area contributed by atoms with Crippen molar-refractivity contribution in [1.82, 2.24) is 10.2 Å². The number of benzene rings is 1. The smallest absolute Gasteiger partial charge is 0.327 e. The summed E-state index contributed by atoms with van der Waals surface area (Å²) < 4.78 is 10.2. The van der Waals surface area contributed by atoms with E-state index in [1.807, 2.05) is 24.3 Å². The van der Waals surface area contributed by atoms with Gasteiger partial charge in [-0.1, -0.05) is 12.1 Å². The van der Waals surface area contributed by atoms with Gasteiger partial charge in [0.25, 0.3) is 0 Å². The molecule has 104 valence electrons. The van der Waals surface area contributed by atoms with E-state index in [4.69, 9.17) is 9.47 Å². The van der Waals surface area contributed by atoms with Crippen molar-refractivity contribution in [2.24, 2.45) is 0 Å². The molecule has 1 aromatic rings. The lowest BCUT2D eigenvalue weighted by molar-refractivity contribution is -0.147. The van der Waals surface area contributed by atoms with Crippen molar-refractivity contribution in [3.8, 4) is 5.75 Å². The monoisotopic (exact) mass is 264 g/mol. The molecule has 1 aliphatic heterocycles. The number of hydrogen-bond donors (Lipinski definition) is 1. The zero-order valence-electron chi connectivity index (χ0n) is 11.4. The van der Waals surface area contributed by atoms with Crippen LogP contribution in [0.25, 0.3) is 0 Å². The summed E-state index contributed by atoms with van der Waals surface area (Å²) >= 11 is 0. The van der Waals surface area contributed by atoms with Gasteiger partial charge in [0.1, 0.15) is 11.8 Å². The summed E-state index contributed by atoms with van der Waals surface area (Å²) in [7, 11) is 3.05. The first-order chi connectivity index (χ1) is 9.26. The Balaban J connectivity index is 2.27. The first-order valence-electron chi connectivity index (χ1n) is 6.43. The Hall–Kier alpha value is -1.59. The van der Waals surface area contributed by atoms with Gasteiger partial charge >= 0.3 is 5.97 Å². The van der Waals surface area contributed by atoms with Crippen molar-refractivity contribution in [3.63, 3.8) is 0 Å². The molecule has 1 saturated heterocycles. The van der Waals surface area contributed by atoms with Gasteiger partial charge in [0.15, 0.2) is 0 Å². The zero-order chi connectivity index (χ0) is 13.7. The molecule has 0 saturated carbocycles. The van der Waals surface area contributed by atoms with Crippen LogP contribution in [0.2, 0.25) is 0 Å². The predicted molar refractivity (Wildman–Crippen MR) is 72.2 cm³/mol. The second-order valence-electron chi connectivity index (χ2n) is 4.49. The van der Waals surface area contributed by atoms with Crippen LogP contribution >= 0.6 is 0 Å². The maximum absolute atomic E-state index is 12.1. The molecule has 5 nitrogen and oxygen atoms in total. The molecule has 1 aromatic carbocycles. The van der Waals surface area contributed by atoms with E-state index in [9.17, 15) is 4.79 Å². The SMILES string of the molecule is COC(=O)C(c1cccc(OC)c1)N1CCNCC1. The minimum atomic E-state index is -0.359. The van der Waals surface area contributed by atoms with E-state index in [0.717, 1.165) is 37.5 Å². The fourth-order valence-electron chi connectivity index (χ4n) is 2.36. The second kappa shape index (κ2) is 6.54. The number of rotatable bonds is 4. The fraction of sp³-hybridized carbons (Fsp3) is 0.500. The van der Waals surface area contributed by atoms with E-state index in [0.29, 0.717) is 0 Å². The summed E-state index contributed by atoms with van der Waals surface area (Å²) in [6.07, 6.45) is 0. The lowest BCUT2D eigenvalue weighted by atomic mass is 10.0. The van der Waals surface area contributed by atoms with Gasteiger partial charge in [-0.2, -0.15) is 0 Å². The Morgan fingerprint density at radius 2 is 2.05 bits per heavy atom. The summed E-state index contributed by atoms with van der Waals surface area (Å²) in [5.41, 5.74) is 0.910. The summed E-state index contributed by atoms with van der Waals surface area (Å²) in [6.45, 7) is 3.43. The van der Waals surface area contributed by atoms with Gasteiger partial charge in [-0.05, 0) is 17.7 Å². The number of hydrogen-bond acceptors (Lipinski definition) is 5. The van der Waals surface area contributed by atoms with Crippen LogP contribution in [0, 0.1) is 0 Å². The minimum absolute atomic E-state index is 0.227. The number of carbonyl (C=O) groups is 1. The molecule has 2 rings (SSSR count). The molecule has 1 heterocycles.